The van der Waals surface area contributed by atoms with Gasteiger partial charge in [-0.1, -0.05) is 87.5 Å². The van der Waals surface area contributed by atoms with E-state index in [1.165, 1.54) is 23.6 Å². The zero-order valence-corrected chi connectivity index (χ0v) is 26.2. The molecule has 0 bridgehead atoms. The monoisotopic (exact) mass is 594 g/mol. The summed E-state index contributed by atoms with van der Waals surface area (Å²) in [7, 11) is 0. The molecule has 0 aliphatic rings. The maximum atomic E-state index is 12.0. The quantitative estimate of drug-likeness (QED) is 0.144. The second kappa shape index (κ2) is 14.7. The molecule has 0 radical (unpaired) electrons. The summed E-state index contributed by atoms with van der Waals surface area (Å²) in [4.78, 5) is 23.2. The Balaban J connectivity index is 1.56. The molecular weight excluding hydrogens is 552 g/mol. The first kappa shape index (κ1) is 32.3. The van der Waals surface area contributed by atoms with E-state index >= 15 is 0 Å². The van der Waals surface area contributed by atoms with E-state index in [-0.39, 0.29) is 23.5 Å². The van der Waals surface area contributed by atoms with Gasteiger partial charge in [0.05, 0.1) is 5.56 Å². The van der Waals surface area contributed by atoms with Gasteiger partial charge in [-0.05, 0) is 57.9 Å². The Morgan fingerprint density at radius 1 is 0.795 bits per heavy atom. The Morgan fingerprint density at radius 2 is 1.50 bits per heavy atom. The number of carboxylic acid groups (broad SMARTS) is 1. The van der Waals surface area contributed by atoms with Crippen molar-refractivity contribution in [1.82, 2.24) is 10.6 Å². The van der Waals surface area contributed by atoms with Crippen LogP contribution >= 0.6 is 0 Å². The molecule has 0 heterocycles. The number of carbonyl (C=O) groups is 2. The standard InChI is InChI=1S/C37H42N2O5/c1-25-29(13-9-15-32(25)27-11-7-6-8-12-27)23-43-31-18-17-28(22-38-19-20-39-26(2)40)34(21-31)44-24-30-14-10-16-33(36(41)42)35(30)37(3,4)5/h6-18,21,38H,19-20,22-24H2,1-5H3,(H,39,40)(H,41,42). The fourth-order valence-electron chi connectivity index (χ4n) is 5.33. The summed E-state index contributed by atoms with van der Waals surface area (Å²) in [6.45, 7) is 11.9. The molecule has 1 amide bonds. The average molecular weight is 595 g/mol. The topological polar surface area (TPSA) is 96.9 Å². The van der Waals surface area contributed by atoms with Crippen molar-refractivity contribution < 1.29 is 24.2 Å². The van der Waals surface area contributed by atoms with Gasteiger partial charge in [0.15, 0.2) is 0 Å². The van der Waals surface area contributed by atoms with E-state index in [1.807, 2.05) is 63.2 Å². The molecule has 4 aromatic carbocycles. The number of hydrogen-bond acceptors (Lipinski definition) is 5. The summed E-state index contributed by atoms with van der Waals surface area (Å²) in [5, 5.41) is 16.0. The van der Waals surface area contributed by atoms with Crippen molar-refractivity contribution in [1.29, 1.82) is 0 Å². The van der Waals surface area contributed by atoms with Crippen LogP contribution in [0.2, 0.25) is 0 Å². The van der Waals surface area contributed by atoms with Gasteiger partial charge in [-0.2, -0.15) is 0 Å². The number of hydrogen-bond donors (Lipinski definition) is 3. The summed E-state index contributed by atoms with van der Waals surface area (Å²) in [5.41, 5.74) is 7.00. The zero-order chi connectivity index (χ0) is 31.7. The summed E-state index contributed by atoms with van der Waals surface area (Å²) < 4.78 is 12.7. The summed E-state index contributed by atoms with van der Waals surface area (Å²) in [6, 6.07) is 27.7. The average Bonchev–Trinajstić information content (AvgIpc) is 2.99. The predicted octanol–water partition coefficient (Wildman–Crippen LogP) is 7.04. The van der Waals surface area contributed by atoms with Gasteiger partial charge in [0, 0.05) is 38.2 Å². The lowest BCUT2D eigenvalue weighted by Gasteiger charge is -2.25. The highest BCUT2D eigenvalue weighted by Crippen LogP contribution is 2.33. The highest BCUT2D eigenvalue weighted by molar-refractivity contribution is 5.90. The van der Waals surface area contributed by atoms with Gasteiger partial charge < -0.3 is 25.2 Å². The van der Waals surface area contributed by atoms with Crippen LogP contribution < -0.4 is 20.1 Å². The number of aromatic carboxylic acids is 1. The van der Waals surface area contributed by atoms with Crippen LogP contribution in [0.4, 0.5) is 0 Å². The molecule has 7 nitrogen and oxygen atoms in total. The molecule has 0 spiro atoms. The van der Waals surface area contributed by atoms with E-state index in [9.17, 15) is 14.7 Å². The smallest absolute Gasteiger partial charge is 0.335 e. The Bertz CT molecular complexity index is 1590. The van der Waals surface area contributed by atoms with Crippen molar-refractivity contribution in [2.75, 3.05) is 13.1 Å². The molecule has 0 unspecified atom stereocenters. The Morgan fingerprint density at radius 3 is 2.20 bits per heavy atom. The van der Waals surface area contributed by atoms with Crippen molar-refractivity contribution in [3.63, 3.8) is 0 Å². The Kier molecular flexibility index (Phi) is 10.8. The van der Waals surface area contributed by atoms with Crippen LogP contribution in [0.25, 0.3) is 11.1 Å². The minimum atomic E-state index is -0.956. The van der Waals surface area contributed by atoms with Gasteiger partial charge in [0.1, 0.15) is 24.7 Å². The maximum absolute atomic E-state index is 12.0. The largest absolute Gasteiger partial charge is 0.489 e. The number of ether oxygens (including phenoxy) is 2. The highest BCUT2D eigenvalue weighted by Gasteiger charge is 2.25. The van der Waals surface area contributed by atoms with E-state index in [1.54, 1.807) is 12.1 Å². The van der Waals surface area contributed by atoms with Crippen LogP contribution in [0, 0.1) is 6.92 Å². The lowest BCUT2D eigenvalue weighted by atomic mass is 9.80. The van der Waals surface area contributed by atoms with Crippen molar-refractivity contribution in [3.05, 3.63) is 118 Å². The van der Waals surface area contributed by atoms with Gasteiger partial charge in [-0.25, -0.2) is 4.79 Å². The third-order valence-electron chi connectivity index (χ3n) is 7.47. The molecule has 230 valence electrons. The van der Waals surface area contributed by atoms with Crippen molar-refractivity contribution >= 4 is 11.9 Å². The van der Waals surface area contributed by atoms with Gasteiger partial charge in [-0.3, -0.25) is 4.79 Å². The number of rotatable bonds is 13. The molecular formula is C37H42N2O5. The van der Waals surface area contributed by atoms with Crippen LogP contribution in [0.15, 0.2) is 84.9 Å². The first-order valence-electron chi connectivity index (χ1n) is 14.9. The molecule has 0 saturated heterocycles. The zero-order valence-electron chi connectivity index (χ0n) is 26.2. The lowest BCUT2D eigenvalue weighted by Crippen LogP contribution is -2.30. The summed E-state index contributed by atoms with van der Waals surface area (Å²) in [5.74, 6) is 0.287. The molecule has 7 heteroatoms. The number of nitrogens with one attached hydrogen (secondary N) is 2. The van der Waals surface area contributed by atoms with Crippen molar-refractivity contribution in [3.8, 4) is 22.6 Å². The third-order valence-corrected chi connectivity index (χ3v) is 7.47. The van der Waals surface area contributed by atoms with Crippen LogP contribution in [-0.4, -0.2) is 30.1 Å². The molecule has 0 aromatic heterocycles. The lowest BCUT2D eigenvalue weighted by molar-refractivity contribution is -0.118. The molecule has 0 fully saturated rings. The number of amides is 1. The first-order chi connectivity index (χ1) is 21.0. The fraction of sp³-hybridized carbons (Fsp3) is 0.297. The number of carbonyl (C=O) groups excluding carboxylic acids is 1. The fourth-order valence-corrected chi connectivity index (χ4v) is 5.33. The molecule has 0 aliphatic heterocycles. The van der Waals surface area contributed by atoms with Gasteiger partial charge in [0.25, 0.3) is 0 Å². The Labute approximate surface area is 260 Å². The molecule has 3 N–H and O–H groups in total. The van der Waals surface area contributed by atoms with E-state index in [0.717, 1.165) is 22.3 Å². The van der Waals surface area contributed by atoms with Crippen LogP contribution in [0.3, 0.4) is 0 Å². The second-order valence-corrected chi connectivity index (χ2v) is 11.9. The Hall–Kier alpha value is -4.62. The molecule has 0 aliphatic carbocycles. The SMILES string of the molecule is CC(=O)NCCNCc1ccc(OCc2cccc(-c3ccccc3)c2C)cc1OCc1cccc(C(=O)O)c1C(C)(C)C. The van der Waals surface area contributed by atoms with Crippen LogP contribution in [0.1, 0.15) is 65.9 Å². The van der Waals surface area contributed by atoms with E-state index in [0.29, 0.717) is 37.7 Å². The maximum Gasteiger partial charge on any atom is 0.335 e. The van der Waals surface area contributed by atoms with E-state index < -0.39 is 5.97 Å². The normalized spacial score (nSPS) is 11.2. The highest BCUT2D eigenvalue weighted by atomic mass is 16.5. The third kappa shape index (κ3) is 8.48. The molecule has 0 saturated carbocycles. The summed E-state index contributed by atoms with van der Waals surface area (Å²) in [6.07, 6.45) is 0. The molecule has 0 atom stereocenters. The van der Waals surface area contributed by atoms with Crippen LogP contribution in [0.5, 0.6) is 11.5 Å². The minimum absolute atomic E-state index is 0.0693. The van der Waals surface area contributed by atoms with Gasteiger partial charge >= 0.3 is 5.97 Å². The molecule has 4 aromatic rings. The van der Waals surface area contributed by atoms with E-state index in [2.05, 4.69) is 47.9 Å². The number of benzene rings is 4. The van der Waals surface area contributed by atoms with Crippen molar-refractivity contribution in [2.45, 2.75) is 59.8 Å². The van der Waals surface area contributed by atoms with Crippen molar-refractivity contribution in [2.24, 2.45) is 0 Å². The van der Waals surface area contributed by atoms with Gasteiger partial charge in [0.2, 0.25) is 5.91 Å². The molecule has 44 heavy (non-hydrogen) atoms. The van der Waals surface area contributed by atoms with Gasteiger partial charge in [-0.15, -0.1) is 0 Å². The predicted molar refractivity (Wildman–Crippen MR) is 174 cm³/mol. The van der Waals surface area contributed by atoms with E-state index in [4.69, 9.17) is 9.47 Å². The molecule has 4 rings (SSSR count). The first-order valence-corrected chi connectivity index (χ1v) is 14.9. The second-order valence-electron chi connectivity index (χ2n) is 11.9. The summed E-state index contributed by atoms with van der Waals surface area (Å²) >= 11 is 0. The van der Waals surface area contributed by atoms with Crippen LogP contribution in [-0.2, 0) is 30.0 Å². The number of carboxylic acids is 1. The minimum Gasteiger partial charge on any atom is -0.489 e.